The Morgan fingerprint density at radius 3 is 2.76 bits per heavy atom. The van der Waals surface area contributed by atoms with Crippen molar-refractivity contribution in [3.63, 3.8) is 0 Å². The zero-order chi connectivity index (χ0) is 11.5. The molecule has 1 aromatic carbocycles. The molecule has 0 aliphatic heterocycles. The van der Waals surface area contributed by atoms with Gasteiger partial charge in [0.05, 0.1) is 0 Å². The largest absolute Gasteiger partial charge is 0.0758 e. The van der Waals surface area contributed by atoms with E-state index in [1.54, 1.807) is 0 Å². The van der Waals surface area contributed by atoms with Gasteiger partial charge in [0.2, 0.25) is 0 Å². The molecule has 0 unspecified atom stereocenters. The van der Waals surface area contributed by atoms with Crippen LogP contribution in [0.1, 0.15) is 24.5 Å². The number of aryl methyl sites for hydroxylation is 1. The molecule has 0 N–H and O–H groups in total. The fraction of sp³-hybridized carbons (Fsp3) is 0.294. The number of hydrogen-bond donors (Lipinski definition) is 0. The highest BCUT2D eigenvalue weighted by Gasteiger charge is 2.57. The van der Waals surface area contributed by atoms with Gasteiger partial charge in [-0.3, -0.25) is 0 Å². The molecule has 3 aliphatic carbocycles. The van der Waals surface area contributed by atoms with Gasteiger partial charge in [-0.05, 0) is 30.9 Å². The summed E-state index contributed by atoms with van der Waals surface area (Å²) in [7, 11) is 0. The lowest BCUT2D eigenvalue weighted by Gasteiger charge is -2.58. The number of rotatable bonds is 0. The minimum absolute atomic E-state index is 0.177. The molecule has 2 atom stereocenters. The molecule has 0 fully saturated rings. The molecule has 17 heavy (non-hydrogen) atoms. The van der Waals surface area contributed by atoms with Crippen LogP contribution in [0.15, 0.2) is 60.2 Å². The van der Waals surface area contributed by atoms with Gasteiger partial charge < -0.3 is 0 Å². The van der Waals surface area contributed by atoms with Crippen molar-refractivity contribution < 1.29 is 0 Å². The number of fused-ring (bicyclic) bond motifs is 1. The monoisotopic (exact) mass is 220 g/mol. The van der Waals surface area contributed by atoms with Gasteiger partial charge >= 0.3 is 0 Å². The van der Waals surface area contributed by atoms with Gasteiger partial charge in [0.25, 0.3) is 0 Å². The molecule has 1 aromatic rings. The Bertz CT molecular complexity index is 588. The Morgan fingerprint density at radius 2 is 1.94 bits per heavy atom. The lowest BCUT2D eigenvalue weighted by molar-refractivity contribution is 0.248. The summed E-state index contributed by atoms with van der Waals surface area (Å²) in [5.74, 6) is 0. The van der Waals surface area contributed by atoms with Gasteiger partial charge in [-0.2, -0.15) is 0 Å². The summed E-state index contributed by atoms with van der Waals surface area (Å²) in [6.07, 6.45) is 14.2. The zero-order valence-electron chi connectivity index (χ0n) is 10.1. The summed E-state index contributed by atoms with van der Waals surface area (Å²) < 4.78 is 0. The van der Waals surface area contributed by atoms with Gasteiger partial charge in [-0.1, -0.05) is 60.2 Å². The maximum absolute atomic E-state index is 2.42. The van der Waals surface area contributed by atoms with Crippen molar-refractivity contribution in [1.82, 2.24) is 0 Å². The third-order valence-corrected chi connectivity index (χ3v) is 4.98. The molecule has 0 aromatic heterocycles. The van der Waals surface area contributed by atoms with E-state index >= 15 is 0 Å². The van der Waals surface area contributed by atoms with E-state index in [-0.39, 0.29) is 10.8 Å². The fourth-order valence-corrected chi connectivity index (χ4v) is 4.03. The van der Waals surface area contributed by atoms with E-state index in [9.17, 15) is 0 Å². The first-order chi connectivity index (χ1) is 8.29. The van der Waals surface area contributed by atoms with Crippen LogP contribution in [0.5, 0.6) is 0 Å². The van der Waals surface area contributed by atoms with Crippen molar-refractivity contribution >= 4 is 0 Å². The molecule has 0 heterocycles. The third-order valence-electron chi connectivity index (χ3n) is 4.98. The van der Waals surface area contributed by atoms with E-state index in [1.807, 2.05) is 0 Å². The van der Waals surface area contributed by atoms with Crippen molar-refractivity contribution in [2.24, 2.45) is 5.41 Å². The van der Waals surface area contributed by atoms with Gasteiger partial charge in [-0.25, -0.2) is 0 Å². The van der Waals surface area contributed by atoms with E-state index in [2.05, 4.69) is 61.6 Å². The van der Waals surface area contributed by atoms with Crippen molar-refractivity contribution in [3.05, 3.63) is 71.3 Å². The van der Waals surface area contributed by atoms with Gasteiger partial charge in [-0.15, -0.1) is 0 Å². The first-order valence-corrected chi connectivity index (χ1v) is 6.44. The molecular weight excluding hydrogens is 204 g/mol. The van der Waals surface area contributed by atoms with Crippen molar-refractivity contribution in [3.8, 4) is 0 Å². The van der Waals surface area contributed by atoms with E-state index in [1.165, 1.54) is 29.5 Å². The molecule has 0 heteroatoms. The van der Waals surface area contributed by atoms with Crippen LogP contribution in [-0.4, -0.2) is 0 Å². The van der Waals surface area contributed by atoms with E-state index in [0.717, 1.165) is 0 Å². The molecule has 4 rings (SSSR count). The molecule has 0 radical (unpaired) electrons. The molecule has 0 saturated heterocycles. The molecule has 84 valence electrons. The predicted octanol–water partition coefficient (Wildman–Crippen LogP) is 3.94. The normalized spacial score (nSPS) is 36.4. The second kappa shape index (κ2) is 2.81. The van der Waals surface area contributed by atoms with Crippen molar-refractivity contribution in [1.29, 1.82) is 0 Å². The summed E-state index contributed by atoms with van der Waals surface area (Å²) in [6, 6.07) is 8.97. The van der Waals surface area contributed by atoms with Crippen LogP contribution in [0.2, 0.25) is 0 Å². The lowest BCUT2D eigenvalue weighted by atomic mass is 9.44. The highest BCUT2D eigenvalue weighted by atomic mass is 14.6. The maximum atomic E-state index is 2.42. The molecule has 0 saturated carbocycles. The first-order valence-electron chi connectivity index (χ1n) is 6.44. The molecule has 3 aliphatic rings. The quantitative estimate of drug-likeness (QED) is 0.581. The summed E-state index contributed by atoms with van der Waals surface area (Å²) in [5, 5.41) is 0. The van der Waals surface area contributed by atoms with E-state index < -0.39 is 0 Å². The fourth-order valence-electron chi connectivity index (χ4n) is 4.03. The second-order valence-corrected chi connectivity index (χ2v) is 5.55. The summed E-state index contributed by atoms with van der Waals surface area (Å²) >= 11 is 0. The predicted molar refractivity (Wildman–Crippen MR) is 70.9 cm³/mol. The van der Waals surface area contributed by atoms with Crippen molar-refractivity contribution in [2.75, 3.05) is 0 Å². The van der Waals surface area contributed by atoms with Gasteiger partial charge in [0.1, 0.15) is 0 Å². The second-order valence-electron chi connectivity index (χ2n) is 5.55. The number of hydrogen-bond acceptors (Lipinski definition) is 0. The Labute approximate surface area is 102 Å². The Hall–Kier alpha value is -1.56. The highest BCUT2D eigenvalue weighted by molar-refractivity contribution is 5.62. The van der Waals surface area contributed by atoms with E-state index in [4.69, 9.17) is 0 Å². The van der Waals surface area contributed by atoms with Crippen LogP contribution in [-0.2, 0) is 11.8 Å². The summed E-state index contributed by atoms with van der Waals surface area (Å²) in [4.78, 5) is 0. The minimum atomic E-state index is 0.177. The highest BCUT2D eigenvalue weighted by Crippen LogP contribution is 2.63. The van der Waals surface area contributed by atoms with E-state index in [0.29, 0.717) is 0 Å². The number of benzene rings is 1. The van der Waals surface area contributed by atoms with Crippen LogP contribution >= 0.6 is 0 Å². The van der Waals surface area contributed by atoms with Crippen molar-refractivity contribution in [2.45, 2.75) is 25.2 Å². The zero-order valence-corrected chi connectivity index (χ0v) is 10.1. The van der Waals surface area contributed by atoms with Crippen LogP contribution in [0.25, 0.3) is 0 Å². The standard InChI is InChI=1S/C17H16/c1-13-5-4-9-16-10-8-14-6-2-3-7-15(14)17(13,16)12-11-16/h2-7,9,11-12H,8,10H2,1H3/t16-,17+/m0/s1. The average molecular weight is 220 g/mol. The maximum Gasteiger partial charge on any atom is 0.0470 e. The Kier molecular flexibility index (Phi) is 1.57. The van der Waals surface area contributed by atoms with Crippen LogP contribution in [0.3, 0.4) is 0 Å². The summed E-state index contributed by atoms with van der Waals surface area (Å²) in [6.45, 7) is 2.28. The van der Waals surface area contributed by atoms with Crippen LogP contribution in [0.4, 0.5) is 0 Å². The number of allylic oxidation sites excluding steroid dienone is 6. The molecule has 0 spiro atoms. The van der Waals surface area contributed by atoms with Gasteiger partial charge in [0, 0.05) is 10.8 Å². The molecule has 0 nitrogen and oxygen atoms in total. The minimum Gasteiger partial charge on any atom is -0.0758 e. The Balaban J connectivity index is 2.06. The average Bonchev–Trinajstić information content (AvgIpc) is 2.32. The lowest BCUT2D eigenvalue weighted by Crippen LogP contribution is -2.53. The Morgan fingerprint density at radius 1 is 1.06 bits per heavy atom. The molecular formula is C17H16. The van der Waals surface area contributed by atoms with Crippen LogP contribution in [0, 0.1) is 5.41 Å². The third kappa shape index (κ3) is 0.878. The topological polar surface area (TPSA) is 0 Å². The molecule has 0 amide bonds. The van der Waals surface area contributed by atoms with Crippen LogP contribution < -0.4 is 0 Å². The SMILES string of the molecule is CC1=CC=C[C@]23C=C[C@]12c1ccccc1CC3. The summed E-state index contributed by atoms with van der Waals surface area (Å²) in [5.41, 5.74) is 5.02. The van der Waals surface area contributed by atoms with Gasteiger partial charge in [0.15, 0.2) is 0 Å². The molecule has 0 bridgehead atoms. The first kappa shape index (κ1) is 9.47. The smallest absolute Gasteiger partial charge is 0.0470 e.